The number of fused-ring (bicyclic) bond motifs is 1. The first-order valence-corrected chi connectivity index (χ1v) is 9.94. The molecule has 0 aliphatic rings. The number of amides is 1. The van der Waals surface area contributed by atoms with Crippen LogP contribution in [0.15, 0.2) is 85.2 Å². The van der Waals surface area contributed by atoms with Crippen LogP contribution in [-0.4, -0.2) is 27.9 Å². The van der Waals surface area contributed by atoms with E-state index in [0.29, 0.717) is 28.7 Å². The molecule has 0 aliphatic heterocycles. The van der Waals surface area contributed by atoms with Crippen molar-refractivity contribution in [2.75, 3.05) is 0 Å². The first kappa shape index (κ1) is 20.2. The van der Waals surface area contributed by atoms with Gasteiger partial charge in [-0.2, -0.15) is 0 Å². The summed E-state index contributed by atoms with van der Waals surface area (Å²) in [5.41, 5.74) is 3.47. The highest BCUT2D eigenvalue weighted by atomic mass is 16.5. The predicted molar refractivity (Wildman–Crippen MR) is 118 cm³/mol. The van der Waals surface area contributed by atoms with E-state index in [-0.39, 0.29) is 5.91 Å². The smallest absolute Gasteiger partial charge is 0.339 e. The normalized spacial score (nSPS) is 11.6. The summed E-state index contributed by atoms with van der Waals surface area (Å²) in [5.74, 6) is -0.929. The van der Waals surface area contributed by atoms with Gasteiger partial charge in [-0.05, 0) is 36.8 Å². The highest BCUT2D eigenvalue weighted by Crippen LogP contribution is 2.25. The first-order valence-electron chi connectivity index (χ1n) is 9.94. The standard InChI is InChI=1S/C25H21N3O3/c1-17(24(29)27-16-18-7-3-2-4-8-18)31-25(30)21-15-23(19-11-13-26-14-12-19)28-22-10-6-5-9-20(21)22/h2-15,17H,16H2,1H3,(H,27,29). The van der Waals surface area contributed by atoms with E-state index in [1.165, 1.54) is 0 Å². The number of hydrogen-bond donors (Lipinski definition) is 1. The summed E-state index contributed by atoms with van der Waals surface area (Å²) in [7, 11) is 0. The maximum atomic E-state index is 13.0. The molecule has 1 unspecified atom stereocenters. The van der Waals surface area contributed by atoms with Crippen molar-refractivity contribution in [1.29, 1.82) is 0 Å². The number of hydrogen-bond acceptors (Lipinski definition) is 5. The second kappa shape index (κ2) is 9.17. The number of para-hydroxylation sites is 1. The molecule has 0 radical (unpaired) electrons. The molecule has 154 valence electrons. The second-order valence-electron chi connectivity index (χ2n) is 7.06. The molecule has 1 amide bonds. The zero-order valence-corrected chi connectivity index (χ0v) is 17.0. The number of carbonyl (C=O) groups excluding carboxylic acids is 2. The van der Waals surface area contributed by atoms with Crippen molar-refractivity contribution in [2.24, 2.45) is 0 Å². The highest BCUT2D eigenvalue weighted by molar-refractivity contribution is 6.05. The zero-order chi connectivity index (χ0) is 21.6. The lowest BCUT2D eigenvalue weighted by Crippen LogP contribution is -2.35. The Morgan fingerprint density at radius 3 is 2.45 bits per heavy atom. The highest BCUT2D eigenvalue weighted by Gasteiger charge is 2.21. The first-order chi connectivity index (χ1) is 15.1. The van der Waals surface area contributed by atoms with Crippen molar-refractivity contribution >= 4 is 22.8 Å². The molecule has 6 nitrogen and oxygen atoms in total. The average Bonchev–Trinajstić information content (AvgIpc) is 2.83. The Balaban J connectivity index is 1.54. The maximum Gasteiger partial charge on any atom is 0.339 e. The molecule has 0 saturated carbocycles. The fourth-order valence-electron chi connectivity index (χ4n) is 3.22. The molecule has 2 aromatic carbocycles. The van der Waals surface area contributed by atoms with Gasteiger partial charge in [-0.3, -0.25) is 9.78 Å². The van der Waals surface area contributed by atoms with Crippen LogP contribution in [0.4, 0.5) is 0 Å². The van der Waals surface area contributed by atoms with Crippen LogP contribution in [0.25, 0.3) is 22.2 Å². The fraction of sp³-hybridized carbons (Fsp3) is 0.120. The third kappa shape index (κ3) is 4.75. The topological polar surface area (TPSA) is 81.2 Å². The van der Waals surface area contributed by atoms with E-state index < -0.39 is 12.1 Å². The Bertz CT molecular complexity index is 1210. The summed E-state index contributed by atoms with van der Waals surface area (Å²) < 4.78 is 5.49. The van der Waals surface area contributed by atoms with E-state index in [1.54, 1.807) is 25.4 Å². The summed E-state index contributed by atoms with van der Waals surface area (Å²) in [6.07, 6.45) is 2.40. The number of nitrogens with one attached hydrogen (secondary N) is 1. The Labute approximate surface area is 179 Å². The minimum Gasteiger partial charge on any atom is -0.449 e. The molecule has 2 heterocycles. The summed E-state index contributed by atoms with van der Waals surface area (Å²) in [4.78, 5) is 34.1. The quantitative estimate of drug-likeness (QED) is 0.482. The van der Waals surface area contributed by atoms with Gasteiger partial charge < -0.3 is 10.1 Å². The minimum absolute atomic E-state index is 0.357. The molecule has 0 saturated heterocycles. The summed E-state index contributed by atoms with van der Waals surface area (Å²) in [5, 5.41) is 3.46. The molecule has 1 N–H and O–H groups in total. The van der Waals surface area contributed by atoms with Gasteiger partial charge in [0.15, 0.2) is 6.10 Å². The molecule has 1 atom stereocenters. The zero-order valence-electron chi connectivity index (χ0n) is 17.0. The summed E-state index contributed by atoms with van der Waals surface area (Å²) in [6.45, 7) is 1.93. The Hall–Kier alpha value is -4.06. The summed E-state index contributed by atoms with van der Waals surface area (Å²) in [6, 6.07) is 22.2. The third-order valence-electron chi connectivity index (χ3n) is 4.87. The molecule has 0 spiro atoms. The van der Waals surface area contributed by atoms with Crippen LogP contribution < -0.4 is 5.32 Å². The van der Waals surface area contributed by atoms with Crippen molar-refractivity contribution in [2.45, 2.75) is 19.6 Å². The molecule has 0 fully saturated rings. The van der Waals surface area contributed by atoms with Gasteiger partial charge >= 0.3 is 5.97 Å². The van der Waals surface area contributed by atoms with Crippen LogP contribution in [0, 0.1) is 0 Å². The van der Waals surface area contributed by atoms with Gasteiger partial charge in [-0.15, -0.1) is 0 Å². The Morgan fingerprint density at radius 2 is 1.68 bits per heavy atom. The van der Waals surface area contributed by atoms with Crippen molar-refractivity contribution in [3.05, 3.63) is 96.3 Å². The fourth-order valence-corrected chi connectivity index (χ4v) is 3.22. The van der Waals surface area contributed by atoms with E-state index in [2.05, 4.69) is 15.3 Å². The molecular formula is C25H21N3O3. The molecule has 31 heavy (non-hydrogen) atoms. The lowest BCUT2D eigenvalue weighted by Gasteiger charge is -2.15. The van der Waals surface area contributed by atoms with Gasteiger partial charge in [0.2, 0.25) is 0 Å². The third-order valence-corrected chi connectivity index (χ3v) is 4.87. The molecule has 0 bridgehead atoms. The molecule has 6 heteroatoms. The maximum absolute atomic E-state index is 13.0. The lowest BCUT2D eigenvalue weighted by molar-refractivity contribution is -0.129. The van der Waals surface area contributed by atoms with E-state index >= 15 is 0 Å². The number of aromatic nitrogens is 2. The largest absolute Gasteiger partial charge is 0.449 e. The van der Waals surface area contributed by atoms with E-state index in [1.807, 2.05) is 66.7 Å². The Morgan fingerprint density at radius 1 is 0.968 bits per heavy atom. The second-order valence-corrected chi connectivity index (χ2v) is 7.06. The number of rotatable bonds is 6. The van der Waals surface area contributed by atoms with Crippen LogP contribution in [0.5, 0.6) is 0 Å². The van der Waals surface area contributed by atoms with Crippen LogP contribution in [-0.2, 0) is 16.1 Å². The monoisotopic (exact) mass is 411 g/mol. The van der Waals surface area contributed by atoms with Gasteiger partial charge in [0.05, 0.1) is 16.8 Å². The lowest BCUT2D eigenvalue weighted by atomic mass is 10.0. The van der Waals surface area contributed by atoms with Crippen LogP contribution in [0.3, 0.4) is 0 Å². The van der Waals surface area contributed by atoms with E-state index in [0.717, 1.165) is 11.1 Å². The van der Waals surface area contributed by atoms with Gasteiger partial charge in [0.1, 0.15) is 0 Å². The molecule has 4 aromatic rings. The van der Waals surface area contributed by atoms with Crippen molar-refractivity contribution in [1.82, 2.24) is 15.3 Å². The predicted octanol–water partition coefficient (Wildman–Crippen LogP) is 4.16. The summed E-state index contributed by atoms with van der Waals surface area (Å²) >= 11 is 0. The van der Waals surface area contributed by atoms with Crippen LogP contribution in [0.2, 0.25) is 0 Å². The number of carbonyl (C=O) groups is 2. The van der Waals surface area contributed by atoms with Gasteiger partial charge in [0.25, 0.3) is 5.91 Å². The number of benzene rings is 2. The van der Waals surface area contributed by atoms with Crippen molar-refractivity contribution < 1.29 is 14.3 Å². The van der Waals surface area contributed by atoms with Gasteiger partial charge in [0, 0.05) is 29.9 Å². The Kier molecular flexibility index (Phi) is 5.98. The molecule has 2 aromatic heterocycles. The number of esters is 1. The van der Waals surface area contributed by atoms with Crippen LogP contribution >= 0.6 is 0 Å². The van der Waals surface area contributed by atoms with Crippen molar-refractivity contribution in [3.8, 4) is 11.3 Å². The molecule has 4 rings (SSSR count). The number of ether oxygens (including phenoxy) is 1. The van der Waals surface area contributed by atoms with Crippen molar-refractivity contribution in [3.63, 3.8) is 0 Å². The minimum atomic E-state index is -0.937. The van der Waals surface area contributed by atoms with Gasteiger partial charge in [-0.25, -0.2) is 9.78 Å². The van der Waals surface area contributed by atoms with Gasteiger partial charge in [-0.1, -0.05) is 48.5 Å². The number of nitrogens with zero attached hydrogens (tertiary/aromatic N) is 2. The van der Waals surface area contributed by atoms with E-state index in [4.69, 9.17) is 4.74 Å². The van der Waals surface area contributed by atoms with Crippen LogP contribution in [0.1, 0.15) is 22.8 Å². The average molecular weight is 411 g/mol. The molecular weight excluding hydrogens is 390 g/mol. The SMILES string of the molecule is CC(OC(=O)c1cc(-c2ccncc2)nc2ccccc12)C(=O)NCc1ccccc1. The molecule has 0 aliphatic carbocycles. The number of pyridine rings is 2. The van der Waals surface area contributed by atoms with E-state index in [9.17, 15) is 9.59 Å².